The van der Waals surface area contributed by atoms with Crippen LogP contribution in [0, 0.1) is 6.92 Å². The van der Waals surface area contributed by atoms with E-state index in [1.165, 1.54) is 17.7 Å². The maximum atomic E-state index is 12.5. The molecule has 2 aromatic carbocycles. The number of likely N-dealkylation sites (tertiary alicyclic amines) is 1. The van der Waals surface area contributed by atoms with Crippen molar-refractivity contribution in [1.82, 2.24) is 4.90 Å². The third kappa shape index (κ3) is 3.88. The van der Waals surface area contributed by atoms with E-state index >= 15 is 0 Å². The van der Waals surface area contributed by atoms with Gasteiger partial charge in [0, 0.05) is 24.5 Å². The van der Waals surface area contributed by atoms with Crippen molar-refractivity contribution in [2.45, 2.75) is 29.9 Å². The number of amides is 1. The first-order chi connectivity index (χ1) is 11.9. The van der Waals surface area contributed by atoms with Gasteiger partial charge in [0.25, 0.3) is 0 Å². The number of halogens is 1. The second-order valence-electron chi connectivity index (χ2n) is 6.35. The number of hydrogen-bond donors (Lipinski definition) is 0. The highest BCUT2D eigenvalue weighted by atomic mass is 35.5. The average Bonchev–Trinajstić information content (AvgIpc) is 2.53. The normalized spacial score (nSPS) is 15.0. The summed E-state index contributed by atoms with van der Waals surface area (Å²) in [5.41, 5.74) is 2.32. The Kier molecular flexibility index (Phi) is 5.16. The highest BCUT2D eigenvalue weighted by Crippen LogP contribution is 2.25. The lowest BCUT2D eigenvalue weighted by Crippen LogP contribution is -2.56. The van der Waals surface area contributed by atoms with Crippen LogP contribution in [0.1, 0.15) is 17.5 Å². The Morgan fingerprint density at radius 2 is 1.76 bits per heavy atom. The van der Waals surface area contributed by atoms with Crippen LogP contribution in [0.4, 0.5) is 0 Å². The van der Waals surface area contributed by atoms with Crippen LogP contribution in [0.25, 0.3) is 0 Å². The molecule has 1 saturated heterocycles. The monoisotopic (exact) mass is 377 g/mol. The van der Waals surface area contributed by atoms with Crippen molar-refractivity contribution < 1.29 is 13.2 Å². The van der Waals surface area contributed by atoms with Crippen LogP contribution in [0.15, 0.2) is 53.4 Å². The minimum absolute atomic E-state index is 0.00538. The molecule has 0 N–H and O–H groups in total. The van der Waals surface area contributed by atoms with Gasteiger partial charge in [-0.15, -0.1) is 0 Å². The molecule has 0 radical (unpaired) electrons. The Bertz CT molecular complexity index is 872. The summed E-state index contributed by atoms with van der Waals surface area (Å²) in [6, 6.07) is 14.1. The van der Waals surface area contributed by atoms with Crippen LogP contribution in [-0.4, -0.2) is 37.6 Å². The molecule has 25 heavy (non-hydrogen) atoms. The summed E-state index contributed by atoms with van der Waals surface area (Å²) < 4.78 is 25.1. The Morgan fingerprint density at radius 1 is 1.12 bits per heavy atom. The maximum absolute atomic E-state index is 12.5. The summed E-state index contributed by atoms with van der Waals surface area (Å²) in [6.45, 7) is 2.55. The molecule has 0 atom stereocenters. The largest absolute Gasteiger partial charge is 0.340 e. The maximum Gasteiger partial charge on any atom is 0.222 e. The third-order valence-electron chi connectivity index (χ3n) is 4.65. The molecule has 0 aliphatic carbocycles. The van der Waals surface area contributed by atoms with Gasteiger partial charge in [0.05, 0.1) is 4.90 Å². The van der Waals surface area contributed by atoms with Crippen molar-refractivity contribution in [3.05, 3.63) is 64.7 Å². The van der Waals surface area contributed by atoms with Crippen LogP contribution < -0.4 is 0 Å². The van der Waals surface area contributed by atoms with E-state index in [1.54, 1.807) is 17.0 Å². The Hall–Kier alpha value is -1.85. The van der Waals surface area contributed by atoms with Crippen LogP contribution in [0.5, 0.6) is 0 Å². The fourth-order valence-corrected chi connectivity index (χ4v) is 4.72. The predicted molar refractivity (Wildman–Crippen MR) is 98.5 cm³/mol. The number of carbonyl (C=O) groups excluding carboxylic acids is 1. The molecule has 1 amide bonds. The second kappa shape index (κ2) is 7.18. The van der Waals surface area contributed by atoms with Crippen LogP contribution in [0.3, 0.4) is 0 Å². The van der Waals surface area contributed by atoms with Gasteiger partial charge in [0.2, 0.25) is 5.91 Å². The van der Waals surface area contributed by atoms with E-state index in [0.717, 1.165) is 5.56 Å². The number of carbonyl (C=O) groups is 1. The molecule has 6 heteroatoms. The molecule has 1 fully saturated rings. The molecule has 0 unspecified atom stereocenters. The van der Waals surface area contributed by atoms with Crippen LogP contribution >= 0.6 is 11.6 Å². The van der Waals surface area contributed by atoms with Gasteiger partial charge in [0.15, 0.2) is 9.84 Å². The van der Waals surface area contributed by atoms with E-state index in [9.17, 15) is 13.2 Å². The van der Waals surface area contributed by atoms with Gasteiger partial charge in [-0.2, -0.15) is 0 Å². The summed E-state index contributed by atoms with van der Waals surface area (Å²) in [5.74, 6) is 0.00538. The molecule has 1 aliphatic heterocycles. The zero-order chi connectivity index (χ0) is 18.0. The van der Waals surface area contributed by atoms with Gasteiger partial charge in [-0.25, -0.2) is 8.42 Å². The number of benzene rings is 2. The number of nitrogens with zero attached hydrogens (tertiary/aromatic N) is 1. The summed E-state index contributed by atoms with van der Waals surface area (Å²) >= 11 is 5.80. The van der Waals surface area contributed by atoms with E-state index < -0.39 is 15.1 Å². The standard InChI is InChI=1S/C19H20ClNO3S/c1-14-4-2-3-5-15(14)6-11-19(22)21-12-18(13-21)25(23,24)17-9-7-16(20)8-10-17/h2-5,7-10,18H,6,11-13H2,1H3. The average molecular weight is 378 g/mol. The molecular formula is C19H20ClNO3S. The van der Waals surface area contributed by atoms with Crippen molar-refractivity contribution in [3.63, 3.8) is 0 Å². The first-order valence-electron chi connectivity index (χ1n) is 8.19. The molecule has 2 aromatic rings. The summed E-state index contributed by atoms with van der Waals surface area (Å²) in [4.78, 5) is 14.2. The number of hydrogen-bond acceptors (Lipinski definition) is 3. The summed E-state index contributed by atoms with van der Waals surface area (Å²) in [6.07, 6.45) is 1.08. The summed E-state index contributed by atoms with van der Waals surface area (Å²) in [7, 11) is -3.41. The van der Waals surface area contributed by atoms with Crippen LogP contribution in [-0.2, 0) is 21.1 Å². The van der Waals surface area contributed by atoms with Crippen molar-refractivity contribution in [2.24, 2.45) is 0 Å². The lowest BCUT2D eigenvalue weighted by Gasteiger charge is -2.38. The molecular weight excluding hydrogens is 358 g/mol. The topological polar surface area (TPSA) is 54.5 Å². The van der Waals surface area contributed by atoms with Gasteiger partial charge < -0.3 is 4.90 Å². The number of sulfone groups is 1. The molecule has 1 heterocycles. The first kappa shape index (κ1) is 18.0. The van der Waals surface area contributed by atoms with Gasteiger partial charge in [-0.3, -0.25) is 4.79 Å². The summed E-state index contributed by atoms with van der Waals surface area (Å²) in [5, 5.41) is -0.0309. The zero-order valence-corrected chi connectivity index (χ0v) is 15.6. The predicted octanol–water partition coefficient (Wildman–Crippen LogP) is 3.27. The van der Waals surface area contributed by atoms with E-state index in [0.29, 0.717) is 17.9 Å². The number of rotatable bonds is 5. The van der Waals surface area contributed by atoms with Gasteiger partial charge in [0.1, 0.15) is 5.25 Å². The third-order valence-corrected chi connectivity index (χ3v) is 7.01. The van der Waals surface area contributed by atoms with E-state index in [-0.39, 0.29) is 23.9 Å². The van der Waals surface area contributed by atoms with Crippen molar-refractivity contribution in [3.8, 4) is 0 Å². The molecule has 0 spiro atoms. The van der Waals surface area contributed by atoms with Gasteiger partial charge >= 0.3 is 0 Å². The fourth-order valence-electron chi connectivity index (χ4n) is 2.95. The van der Waals surface area contributed by atoms with Gasteiger partial charge in [-0.1, -0.05) is 35.9 Å². The second-order valence-corrected chi connectivity index (χ2v) is 9.01. The highest BCUT2D eigenvalue weighted by Gasteiger charge is 2.40. The van der Waals surface area contributed by atoms with E-state index in [1.807, 2.05) is 31.2 Å². The van der Waals surface area contributed by atoms with E-state index in [4.69, 9.17) is 11.6 Å². The Morgan fingerprint density at radius 3 is 2.40 bits per heavy atom. The highest BCUT2D eigenvalue weighted by molar-refractivity contribution is 7.92. The molecule has 0 saturated carbocycles. The van der Waals surface area contributed by atoms with Crippen molar-refractivity contribution >= 4 is 27.3 Å². The first-order valence-corrected chi connectivity index (χ1v) is 10.1. The Labute approximate surface area is 153 Å². The van der Waals surface area contributed by atoms with Crippen molar-refractivity contribution in [1.29, 1.82) is 0 Å². The van der Waals surface area contributed by atoms with Crippen molar-refractivity contribution in [2.75, 3.05) is 13.1 Å². The molecule has 132 valence electrons. The molecule has 1 aliphatic rings. The van der Waals surface area contributed by atoms with E-state index in [2.05, 4.69) is 0 Å². The molecule has 3 rings (SSSR count). The lowest BCUT2D eigenvalue weighted by molar-refractivity contribution is -0.134. The minimum atomic E-state index is -3.41. The van der Waals surface area contributed by atoms with Gasteiger partial charge in [-0.05, 0) is 48.7 Å². The Balaban J connectivity index is 1.55. The molecule has 0 aromatic heterocycles. The molecule has 0 bridgehead atoms. The minimum Gasteiger partial charge on any atom is -0.340 e. The zero-order valence-electron chi connectivity index (χ0n) is 14.0. The quantitative estimate of drug-likeness (QED) is 0.803. The fraction of sp³-hybridized carbons (Fsp3) is 0.316. The lowest BCUT2D eigenvalue weighted by atomic mass is 10.0. The van der Waals surface area contributed by atoms with Crippen LogP contribution in [0.2, 0.25) is 5.02 Å². The molecule has 4 nitrogen and oxygen atoms in total. The number of aryl methyl sites for hydroxylation is 2. The smallest absolute Gasteiger partial charge is 0.222 e. The SMILES string of the molecule is Cc1ccccc1CCC(=O)N1CC(S(=O)(=O)c2ccc(Cl)cc2)C1.